The van der Waals surface area contributed by atoms with Crippen LogP contribution in [0.3, 0.4) is 0 Å². The second-order valence-electron chi connectivity index (χ2n) is 5.91. The van der Waals surface area contributed by atoms with E-state index in [0.29, 0.717) is 17.1 Å². The molecule has 7 heteroatoms. The van der Waals surface area contributed by atoms with Crippen LogP contribution < -0.4 is 20.7 Å². The van der Waals surface area contributed by atoms with Crippen LogP contribution in [0.2, 0.25) is 0 Å². The predicted octanol–water partition coefficient (Wildman–Crippen LogP) is 2.34. The van der Waals surface area contributed by atoms with Gasteiger partial charge in [-0.1, -0.05) is 30.3 Å². The van der Waals surface area contributed by atoms with Crippen molar-refractivity contribution in [2.75, 3.05) is 24.3 Å². The van der Waals surface area contributed by atoms with E-state index in [1.807, 2.05) is 30.3 Å². The van der Waals surface area contributed by atoms with Gasteiger partial charge >= 0.3 is 0 Å². The molecule has 0 saturated carbocycles. The molecule has 0 bridgehead atoms. The number of amides is 3. The summed E-state index contributed by atoms with van der Waals surface area (Å²) in [7, 11) is 1.49. The maximum Gasteiger partial charge on any atom is 0.226 e. The number of hydrogen-bond donors (Lipinski definition) is 3. The van der Waals surface area contributed by atoms with E-state index in [0.717, 1.165) is 5.56 Å². The van der Waals surface area contributed by atoms with E-state index >= 15 is 0 Å². The highest BCUT2D eigenvalue weighted by molar-refractivity contribution is 5.95. The van der Waals surface area contributed by atoms with Crippen LogP contribution in [0.25, 0.3) is 0 Å². The van der Waals surface area contributed by atoms with Crippen LogP contribution in [0.15, 0.2) is 48.5 Å². The zero-order valence-corrected chi connectivity index (χ0v) is 15.4. The molecule has 0 aromatic heterocycles. The first-order valence-electron chi connectivity index (χ1n) is 8.54. The van der Waals surface area contributed by atoms with Gasteiger partial charge in [-0.15, -0.1) is 0 Å². The van der Waals surface area contributed by atoms with Crippen LogP contribution in [0.1, 0.15) is 18.9 Å². The van der Waals surface area contributed by atoms with E-state index < -0.39 is 0 Å². The number of carbonyl (C=O) groups excluding carboxylic acids is 3. The summed E-state index contributed by atoms with van der Waals surface area (Å²) >= 11 is 0. The first kappa shape index (κ1) is 20.0. The lowest BCUT2D eigenvalue weighted by molar-refractivity contribution is -0.120. The van der Waals surface area contributed by atoms with Gasteiger partial charge in [0.1, 0.15) is 5.75 Å². The van der Waals surface area contributed by atoms with Crippen LogP contribution in [0, 0.1) is 0 Å². The third-order valence-electron chi connectivity index (χ3n) is 3.68. The van der Waals surface area contributed by atoms with Crippen LogP contribution >= 0.6 is 0 Å². The Balaban J connectivity index is 1.84. The molecule has 0 saturated heterocycles. The van der Waals surface area contributed by atoms with Gasteiger partial charge in [0.25, 0.3) is 0 Å². The maximum atomic E-state index is 12.1. The molecular formula is C20H23N3O4. The second-order valence-corrected chi connectivity index (χ2v) is 5.91. The highest BCUT2D eigenvalue weighted by atomic mass is 16.5. The van der Waals surface area contributed by atoms with Gasteiger partial charge in [0.05, 0.1) is 19.2 Å². The highest BCUT2D eigenvalue weighted by Crippen LogP contribution is 2.27. The normalized spacial score (nSPS) is 10.0. The molecule has 27 heavy (non-hydrogen) atoms. The molecule has 0 atom stereocenters. The molecule has 0 aliphatic carbocycles. The smallest absolute Gasteiger partial charge is 0.226 e. The summed E-state index contributed by atoms with van der Waals surface area (Å²) in [6, 6.07) is 14.3. The lowest BCUT2D eigenvalue weighted by Gasteiger charge is -2.12. The molecule has 0 radical (unpaired) electrons. The molecular weight excluding hydrogens is 346 g/mol. The Labute approximate surface area is 158 Å². The molecule has 0 heterocycles. The minimum absolute atomic E-state index is 0.119. The third-order valence-corrected chi connectivity index (χ3v) is 3.68. The van der Waals surface area contributed by atoms with Gasteiger partial charge in [0.15, 0.2) is 0 Å². The quantitative estimate of drug-likeness (QED) is 0.665. The summed E-state index contributed by atoms with van der Waals surface area (Å²) in [5, 5.41) is 8.11. The SMILES string of the molecule is COc1ccc(NC(C)=O)cc1NC(=O)CCNC(=O)Cc1ccccc1. The van der Waals surface area contributed by atoms with E-state index in [4.69, 9.17) is 4.74 Å². The van der Waals surface area contributed by atoms with Crippen molar-refractivity contribution in [3.63, 3.8) is 0 Å². The van der Waals surface area contributed by atoms with Crippen molar-refractivity contribution in [1.29, 1.82) is 0 Å². The van der Waals surface area contributed by atoms with Crippen molar-refractivity contribution in [2.24, 2.45) is 0 Å². The minimum Gasteiger partial charge on any atom is -0.495 e. The Kier molecular flexibility index (Phi) is 7.37. The third kappa shape index (κ3) is 6.81. The van der Waals surface area contributed by atoms with Gasteiger partial charge in [-0.2, -0.15) is 0 Å². The number of anilines is 2. The van der Waals surface area contributed by atoms with Gasteiger partial charge in [-0.3, -0.25) is 14.4 Å². The second kappa shape index (κ2) is 9.96. The number of methoxy groups -OCH3 is 1. The summed E-state index contributed by atoms with van der Waals surface area (Å²) < 4.78 is 5.22. The summed E-state index contributed by atoms with van der Waals surface area (Å²) in [5.74, 6) is -0.142. The summed E-state index contributed by atoms with van der Waals surface area (Å²) in [5.41, 5.74) is 1.91. The number of nitrogens with one attached hydrogen (secondary N) is 3. The largest absolute Gasteiger partial charge is 0.495 e. The molecule has 0 aliphatic rings. The molecule has 0 unspecified atom stereocenters. The van der Waals surface area contributed by atoms with Crippen molar-refractivity contribution in [1.82, 2.24) is 5.32 Å². The molecule has 3 N–H and O–H groups in total. The van der Waals surface area contributed by atoms with Crippen LogP contribution in [-0.2, 0) is 20.8 Å². The number of hydrogen-bond acceptors (Lipinski definition) is 4. The van der Waals surface area contributed by atoms with Gasteiger partial charge in [0.2, 0.25) is 17.7 Å². The van der Waals surface area contributed by atoms with E-state index in [1.54, 1.807) is 18.2 Å². The van der Waals surface area contributed by atoms with Crippen LogP contribution in [0.5, 0.6) is 5.75 Å². The van der Waals surface area contributed by atoms with Gasteiger partial charge in [-0.25, -0.2) is 0 Å². The van der Waals surface area contributed by atoms with Crippen molar-refractivity contribution in [2.45, 2.75) is 19.8 Å². The van der Waals surface area contributed by atoms with E-state index in [1.165, 1.54) is 14.0 Å². The van der Waals surface area contributed by atoms with Crippen molar-refractivity contribution in [3.05, 3.63) is 54.1 Å². The van der Waals surface area contributed by atoms with Crippen LogP contribution in [0.4, 0.5) is 11.4 Å². The van der Waals surface area contributed by atoms with Gasteiger partial charge in [-0.05, 0) is 23.8 Å². The lowest BCUT2D eigenvalue weighted by Crippen LogP contribution is -2.28. The summed E-state index contributed by atoms with van der Waals surface area (Å²) in [6.07, 6.45) is 0.392. The molecule has 2 aromatic rings. The predicted molar refractivity (Wildman–Crippen MR) is 104 cm³/mol. The Morgan fingerprint density at radius 3 is 2.37 bits per heavy atom. The highest BCUT2D eigenvalue weighted by Gasteiger charge is 2.10. The fraction of sp³-hybridized carbons (Fsp3) is 0.250. The Morgan fingerprint density at radius 2 is 1.70 bits per heavy atom. The summed E-state index contributed by atoms with van der Waals surface area (Å²) in [6.45, 7) is 1.63. The van der Waals surface area contributed by atoms with Crippen molar-refractivity contribution in [3.8, 4) is 5.75 Å². The summed E-state index contributed by atoms with van der Waals surface area (Å²) in [4.78, 5) is 35.2. The molecule has 3 amide bonds. The average Bonchev–Trinajstić information content (AvgIpc) is 2.62. The maximum absolute atomic E-state index is 12.1. The molecule has 142 valence electrons. The first-order chi connectivity index (χ1) is 13.0. The van der Waals surface area contributed by atoms with Crippen LogP contribution in [-0.4, -0.2) is 31.4 Å². The molecule has 2 aromatic carbocycles. The molecule has 0 fully saturated rings. The Morgan fingerprint density at radius 1 is 0.963 bits per heavy atom. The monoisotopic (exact) mass is 369 g/mol. The average molecular weight is 369 g/mol. The van der Waals surface area contributed by atoms with Crippen molar-refractivity contribution < 1.29 is 19.1 Å². The number of carbonyl (C=O) groups is 3. The number of benzene rings is 2. The lowest BCUT2D eigenvalue weighted by atomic mass is 10.1. The molecule has 2 rings (SSSR count). The zero-order chi connectivity index (χ0) is 19.6. The Hall–Kier alpha value is -3.35. The van der Waals surface area contributed by atoms with Gasteiger partial charge < -0.3 is 20.7 Å². The molecule has 0 aliphatic heterocycles. The number of ether oxygens (including phenoxy) is 1. The molecule has 7 nitrogen and oxygen atoms in total. The number of rotatable bonds is 8. The fourth-order valence-corrected chi connectivity index (χ4v) is 2.46. The van der Waals surface area contributed by atoms with E-state index in [9.17, 15) is 14.4 Å². The fourth-order valence-electron chi connectivity index (χ4n) is 2.46. The van der Waals surface area contributed by atoms with E-state index in [2.05, 4.69) is 16.0 Å². The van der Waals surface area contributed by atoms with E-state index in [-0.39, 0.29) is 37.1 Å². The zero-order valence-electron chi connectivity index (χ0n) is 15.4. The van der Waals surface area contributed by atoms with Gasteiger partial charge in [0, 0.05) is 25.6 Å². The molecule has 0 spiro atoms. The Bertz CT molecular complexity index is 806. The first-order valence-corrected chi connectivity index (χ1v) is 8.54. The topological polar surface area (TPSA) is 96.5 Å². The minimum atomic E-state index is -0.270. The van der Waals surface area contributed by atoms with Crippen molar-refractivity contribution >= 4 is 29.1 Å². The standard InChI is InChI=1S/C20H23N3O4/c1-14(24)22-16-8-9-18(27-2)17(13-16)23-19(25)10-11-21-20(26)12-15-6-4-3-5-7-15/h3-9,13H,10-12H2,1-2H3,(H,21,26)(H,22,24)(H,23,25).